The van der Waals surface area contributed by atoms with E-state index in [2.05, 4.69) is 31.3 Å². The molecule has 41 heavy (non-hydrogen) atoms. The van der Waals surface area contributed by atoms with E-state index in [-0.39, 0.29) is 10.0 Å². The number of carbonyl (C=O) groups is 1. The molecule has 8 nitrogen and oxygen atoms in total. The zero-order valence-corrected chi connectivity index (χ0v) is 25.3. The summed E-state index contributed by atoms with van der Waals surface area (Å²) in [6.07, 6.45) is 0.694. The van der Waals surface area contributed by atoms with E-state index in [1.165, 1.54) is 12.1 Å². The summed E-state index contributed by atoms with van der Waals surface area (Å²) in [6.45, 7) is 2.79. The molecule has 0 bridgehead atoms. The lowest BCUT2D eigenvalue weighted by atomic mass is 10.1. The van der Waals surface area contributed by atoms with Gasteiger partial charge in [-0.05, 0) is 91.4 Å². The van der Waals surface area contributed by atoms with Gasteiger partial charge in [-0.25, -0.2) is 8.42 Å². The highest BCUT2D eigenvalue weighted by Crippen LogP contribution is 2.24. The Morgan fingerprint density at radius 2 is 1.56 bits per heavy atom. The molecule has 0 unspecified atom stereocenters. The second-order valence-corrected chi connectivity index (χ2v) is 11.7. The zero-order chi connectivity index (χ0) is 29.2. The molecule has 0 atom stereocenters. The summed E-state index contributed by atoms with van der Waals surface area (Å²) >= 11 is 8.72. The molecular weight excluding hydrogens is 626 g/mol. The zero-order valence-electron chi connectivity index (χ0n) is 22.1. The molecule has 3 N–H and O–H groups in total. The average Bonchev–Trinajstić information content (AvgIpc) is 2.95. The first-order chi connectivity index (χ1) is 19.7. The third-order valence-corrected chi connectivity index (χ3v) is 7.84. The number of carbonyl (C=O) groups excluding carboxylic acids is 1. The van der Waals surface area contributed by atoms with E-state index < -0.39 is 15.9 Å². The summed E-state index contributed by atoms with van der Waals surface area (Å²) < 4.78 is 40.1. The van der Waals surface area contributed by atoms with Crippen LogP contribution in [-0.4, -0.2) is 32.7 Å². The van der Waals surface area contributed by atoms with Crippen molar-refractivity contribution in [2.24, 2.45) is 0 Å². The van der Waals surface area contributed by atoms with Gasteiger partial charge in [-0.15, -0.1) is 0 Å². The summed E-state index contributed by atoms with van der Waals surface area (Å²) in [5.41, 5.74) is 2.37. The SMILES string of the molecule is CCOc1ccc(NS(=O)(=O)c2ccc(NC(=S)NC(=O)c3cc(Br)ccc3OCCc3ccccc3)cc2)cc1. The number of halogens is 1. The van der Waals surface area contributed by atoms with E-state index in [0.29, 0.717) is 52.5 Å². The van der Waals surface area contributed by atoms with Crippen molar-refractivity contribution < 1.29 is 22.7 Å². The van der Waals surface area contributed by atoms with Crippen molar-refractivity contribution in [3.8, 4) is 11.5 Å². The number of benzene rings is 4. The average molecular weight is 655 g/mol. The standard InChI is InChI=1S/C30H28BrN3O5S2/c1-2-38-25-13-9-24(10-14-25)34-41(36,37)26-15-11-23(12-16-26)32-30(40)33-29(35)27-20-22(31)8-17-28(27)39-19-18-21-6-4-3-5-7-21/h3-17,20,34H,2,18-19H2,1H3,(H2,32,33,35,40). The molecule has 212 valence electrons. The number of hydrogen-bond donors (Lipinski definition) is 3. The Morgan fingerprint density at radius 1 is 0.878 bits per heavy atom. The lowest BCUT2D eigenvalue weighted by Crippen LogP contribution is -2.34. The molecule has 4 rings (SSSR count). The molecule has 4 aromatic carbocycles. The summed E-state index contributed by atoms with van der Waals surface area (Å²) in [6, 6.07) is 27.7. The molecular formula is C30H28BrN3O5S2. The maximum atomic E-state index is 13.0. The normalized spacial score (nSPS) is 10.9. The minimum atomic E-state index is -3.81. The maximum Gasteiger partial charge on any atom is 0.261 e. The van der Waals surface area contributed by atoms with Gasteiger partial charge in [0.25, 0.3) is 15.9 Å². The van der Waals surface area contributed by atoms with Crippen LogP contribution in [0.5, 0.6) is 11.5 Å². The van der Waals surface area contributed by atoms with Crippen molar-refractivity contribution in [1.29, 1.82) is 0 Å². The topological polar surface area (TPSA) is 106 Å². The van der Waals surface area contributed by atoms with Crippen molar-refractivity contribution in [1.82, 2.24) is 5.32 Å². The fraction of sp³-hybridized carbons (Fsp3) is 0.133. The number of thiocarbonyl (C=S) groups is 1. The van der Waals surface area contributed by atoms with Crippen LogP contribution in [0.15, 0.2) is 106 Å². The number of nitrogens with one attached hydrogen (secondary N) is 3. The van der Waals surface area contributed by atoms with Crippen LogP contribution in [0.2, 0.25) is 0 Å². The van der Waals surface area contributed by atoms with E-state index >= 15 is 0 Å². The second kappa shape index (κ2) is 14.1. The molecule has 4 aromatic rings. The molecule has 0 aliphatic carbocycles. The molecule has 0 aliphatic rings. The molecule has 0 fully saturated rings. The van der Waals surface area contributed by atoms with E-state index in [1.54, 1.807) is 54.6 Å². The van der Waals surface area contributed by atoms with Crippen molar-refractivity contribution >= 4 is 60.6 Å². The Morgan fingerprint density at radius 3 is 2.24 bits per heavy atom. The van der Waals surface area contributed by atoms with Crippen molar-refractivity contribution in [3.63, 3.8) is 0 Å². The number of rotatable bonds is 11. The van der Waals surface area contributed by atoms with E-state index in [1.807, 2.05) is 37.3 Å². The van der Waals surface area contributed by atoms with Gasteiger partial charge < -0.3 is 14.8 Å². The first kappa shape index (κ1) is 30.0. The van der Waals surface area contributed by atoms with Gasteiger partial charge in [0.15, 0.2) is 5.11 Å². The monoisotopic (exact) mass is 653 g/mol. The lowest BCUT2D eigenvalue weighted by Gasteiger charge is -2.14. The van der Waals surface area contributed by atoms with Gasteiger partial charge in [-0.1, -0.05) is 46.3 Å². The first-order valence-electron chi connectivity index (χ1n) is 12.7. The van der Waals surface area contributed by atoms with Crippen LogP contribution in [0.4, 0.5) is 11.4 Å². The van der Waals surface area contributed by atoms with Crippen molar-refractivity contribution in [3.05, 3.63) is 113 Å². The van der Waals surface area contributed by atoms with Gasteiger partial charge in [0, 0.05) is 22.3 Å². The molecule has 1 amide bonds. The van der Waals surface area contributed by atoms with Gasteiger partial charge >= 0.3 is 0 Å². The van der Waals surface area contributed by atoms with Gasteiger partial charge in [0.1, 0.15) is 11.5 Å². The fourth-order valence-corrected chi connectivity index (χ4v) is 5.41. The molecule has 0 saturated carbocycles. The van der Waals surface area contributed by atoms with Gasteiger partial charge in [-0.2, -0.15) is 0 Å². The fourth-order valence-electron chi connectivity index (χ4n) is 3.78. The lowest BCUT2D eigenvalue weighted by molar-refractivity contribution is 0.0973. The van der Waals surface area contributed by atoms with E-state index in [0.717, 1.165) is 5.56 Å². The van der Waals surface area contributed by atoms with Crippen LogP contribution in [0.25, 0.3) is 0 Å². The molecule has 11 heteroatoms. The van der Waals surface area contributed by atoms with Gasteiger partial charge in [-0.3, -0.25) is 14.8 Å². The van der Waals surface area contributed by atoms with Crippen LogP contribution in [-0.2, 0) is 16.4 Å². The Bertz CT molecular complexity index is 1600. The minimum absolute atomic E-state index is 0.0494. The number of amides is 1. The minimum Gasteiger partial charge on any atom is -0.494 e. The number of sulfonamides is 1. The number of anilines is 2. The maximum absolute atomic E-state index is 13.0. The van der Waals surface area contributed by atoms with Crippen molar-refractivity contribution in [2.45, 2.75) is 18.2 Å². The highest BCUT2D eigenvalue weighted by Gasteiger charge is 2.17. The first-order valence-corrected chi connectivity index (χ1v) is 15.4. The quantitative estimate of drug-likeness (QED) is 0.161. The Balaban J connectivity index is 1.34. The Kier molecular flexibility index (Phi) is 10.3. The Labute approximate surface area is 253 Å². The van der Waals surface area contributed by atoms with Crippen LogP contribution in [0.1, 0.15) is 22.8 Å². The molecule has 0 saturated heterocycles. The third-order valence-electron chi connectivity index (χ3n) is 5.74. The summed E-state index contributed by atoms with van der Waals surface area (Å²) in [4.78, 5) is 13.1. The molecule has 0 aliphatic heterocycles. The molecule has 0 aromatic heterocycles. The smallest absolute Gasteiger partial charge is 0.261 e. The number of hydrogen-bond acceptors (Lipinski definition) is 6. The molecule has 0 radical (unpaired) electrons. The summed E-state index contributed by atoms with van der Waals surface area (Å²) in [5.74, 6) is 0.636. The highest BCUT2D eigenvalue weighted by molar-refractivity contribution is 9.10. The second-order valence-electron chi connectivity index (χ2n) is 8.72. The van der Waals surface area contributed by atoms with E-state index in [4.69, 9.17) is 21.7 Å². The summed E-state index contributed by atoms with van der Waals surface area (Å²) in [7, 11) is -3.81. The molecule has 0 heterocycles. The van der Waals surface area contributed by atoms with Crippen LogP contribution in [0.3, 0.4) is 0 Å². The van der Waals surface area contributed by atoms with E-state index in [9.17, 15) is 13.2 Å². The van der Waals surface area contributed by atoms with Crippen LogP contribution in [0, 0.1) is 0 Å². The highest BCUT2D eigenvalue weighted by atomic mass is 79.9. The summed E-state index contributed by atoms with van der Waals surface area (Å²) in [5, 5.41) is 5.61. The predicted octanol–water partition coefficient (Wildman–Crippen LogP) is 6.40. The molecule has 0 spiro atoms. The predicted molar refractivity (Wildman–Crippen MR) is 168 cm³/mol. The van der Waals surface area contributed by atoms with Crippen LogP contribution >= 0.6 is 28.1 Å². The third kappa shape index (κ3) is 8.78. The van der Waals surface area contributed by atoms with Gasteiger partial charge in [0.05, 0.1) is 23.7 Å². The number of ether oxygens (including phenoxy) is 2. The van der Waals surface area contributed by atoms with Gasteiger partial charge in [0.2, 0.25) is 0 Å². The Hall–Kier alpha value is -3.93. The largest absolute Gasteiger partial charge is 0.494 e. The van der Waals surface area contributed by atoms with Crippen molar-refractivity contribution in [2.75, 3.05) is 23.3 Å². The van der Waals surface area contributed by atoms with Crippen LogP contribution < -0.4 is 24.8 Å².